The molecule has 0 aliphatic heterocycles. The molecule has 0 saturated carbocycles. The molecule has 0 aliphatic carbocycles. The molecule has 0 spiro atoms. The van der Waals surface area contributed by atoms with E-state index in [1.54, 1.807) is 0 Å². The third-order valence-electron chi connectivity index (χ3n) is 5.16. The average Bonchev–Trinajstić information content (AvgIpc) is 2.77. The SMILES string of the molecule is O=c1cc(-c2ccc(O)c(O)c2)oc2c([C@@H](O)[C@@H](O)[C@@H](O)[C@@H](O)[C@@H](O)CO)c(O)cc(O)c12. The number of hydrogen-bond donors (Lipinski definition) is 10. The minimum atomic E-state index is -2.26. The van der Waals surface area contributed by atoms with Gasteiger partial charge in [0.25, 0.3) is 0 Å². The van der Waals surface area contributed by atoms with Crippen LogP contribution in [0.2, 0.25) is 0 Å². The van der Waals surface area contributed by atoms with Crippen molar-refractivity contribution in [3.05, 3.63) is 46.1 Å². The largest absolute Gasteiger partial charge is 0.507 e. The Morgan fingerprint density at radius 3 is 2.03 bits per heavy atom. The first kappa shape index (κ1) is 24.3. The van der Waals surface area contributed by atoms with Crippen LogP contribution in [0.4, 0.5) is 0 Å². The van der Waals surface area contributed by atoms with E-state index in [1.165, 1.54) is 6.07 Å². The predicted molar refractivity (Wildman–Crippen MR) is 111 cm³/mol. The Morgan fingerprint density at radius 1 is 0.758 bits per heavy atom. The van der Waals surface area contributed by atoms with Crippen molar-refractivity contribution in [3.63, 3.8) is 0 Å². The van der Waals surface area contributed by atoms with E-state index in [4.69, 9.17) is 9.52 Å². The molecule has 3 aromatic rings. The molecule has 12 heteroatoms. The number of fused-ring (bicyclic) bond motifs is 1. The van der Waals surface area contributed by atoms with Gasteiger partial charge in [-0.25, -0.2) is 0 Å². The third kappa shape index (κ3) is 4.43. The van der Waals surface area contributed by atoms with Crippen molar-refractivity contribution in [2.75, 3.05) is 6.61 Å². The van der Waals surface area contributed by atoms with Gasteiger partial charge in [-0.1, -0.05) is 0 Å². The van der Waals surface area contributed by atoms with Crippen LogP contribution in [0.25, 0.3) is 22.3 Å². The molecular formula is C21H22O12. The summed E-state index contributed by atoms with van der Waals surface area (Å²) in [5.41, 5.74) is -1.97. The topological polar surface area (TPSA) is 233 Å². The molecule has 0 saturated heterocycles. The van der Waals surface area contributed by atoms with Gasteiger partial charge in [0.1, 0.15) is 53.2 Å². The molecule has 0 amide bonds. The Balaban J connectivity index is 2.19. The van der Waals surface area contributed by atoms with E-state index < -0.39 is 82.1 Å². The zero-order valence-corrected chi connectivity index (χ0v) is 16.8. The molecule has 10 N–H and O–H groups in total. The van der Waals surface area contributed by atoms with Gasteiger partial charge in [-0.15, -0.1) is 0 Å². The van der Waals surface area contributed by atoms with E-state index in [1.807, 2.05) is 0 Å². The highest BCUT2D eigenvalue weighted by atomic mass is 16.4. The fourth-order valence-corrected chi connectivity index (χ4v) is 3.32. The summed E-state index contributed by atoms with van der Waals surface area (Å²) in [6.07, 6.45) is -10.6. The number of phenolic OH excluding ortho intramolecular Hbond substituents is 4. The summed E-state index contributed by atoms with van der Waals surface area (Å²) in [4.78, 5) is 12.7. The lowest BCUT2D eigenvalue weighted by Gasteiger charge is -2.29. The maximum atomic E-state index is 12.7. The van der Waals surface area contributed by atoms with Crippen LogP contribution in [-0.4, -0.2) is 82.1 Å². The standard InChI is InChI=1S/C21H22O12/c22-6-13(28)17(29)19(31)20(32)18(30)16-11(26)4-10(25)15-12(27)5-14(33-21(15)16)7-1-2-8(23)9(24)3-7/h1-5,13,17-20,22-26,28-32H,6H2/t13-,17-,18+,19-,20+/m0/s1. The second-order valence-electron chi connectivity index (χ2n) is 7.38. The van der Waals surface area contributed by atoms with Crippen molar-refractivity contribution in [3.8, 4) is 34.3 Å². The number of hydrogen-bond acceptors (Lipinski definition) is 12. The number of rotatable bonds is 7. The van der Waals surface area contributed by atoms with E-state index in [0.717, 1.165) is 18.2 Å². The molecule has 178 valence electrons. The summed E-state index contributed by atoms with van der Waals surface area (Å²) in [6, 6.07) is 5.08. The van der Waals surface area contributed by atoms with Crippen LogP contribution in [0.5, 0.6) is 23.0 Å². The Kier molecular flexibility index (Phi) is 6.78. The number of aliphatic hydroxyl groups is 6. The van der Waals surface area contributed by atoms with Gasteiger partial charge in [0.2, 0.25) is 0 Å². The molecule has 33 heavy (non-hydrogen) atoms. The summed E-state index contributed by atoms with van der Waals surface area (Å²) in [7, 11) is 0. The maximum Gasteiger partial charge on any atom is 0.197 e. The monoisotopic (exact) mass is 466 g/mol. The molecule has 5 atom stereocenters. The first-order valence-electron chi connectivity index (χ1n) is 9.54. The minimum Gasteiger partial charge on any atom is -0.507 e. The van der Waals surface area contributed by atoms with Crippen LogP contribution >= 0.6 is 0 Å². The summed E-state index contributed by atoms with van der Waals surface area (Å²) >= 11 is 0. The highest BCUT2D eigenvalue weighted by Gasteiger charge is 2.37. The first-order valence-corrected chi connectivity index (χ1v) is 9.54. The van der Waals surface area contributed by atoms with E-state index in [2.05, 4.69) is 0 Å². The lowest BCUT2D eigenvalue weighted by atomic mass is 9.93. The Hall–Kier alpha value is -3.39. The lowest BCUT2D eigenvalue weighted by molar-refractivity contribution is -0.141. The molecule has 0 fully saturated rings. The van der Waals surface area contributed by atoms with Crippen molar-refractivity contribution < 1.29 is 55.5 Å². The highest BCUT2D eigenvalue weighted by molar-refractivity contribution is 5.89. The molecule has 0 bridgehead atoms. The van der Waals surface area contributed by atoms with Crippen LogP contribution in [0.1, 0.15) is 11.7 Å². The zero-order chi connectivity index (χ0) is 24.6. The van der Waals surface area contributed by atoms with Crippen molar-refractivity contribution >= 4 is 11.0 Å². The van der Waals surface area contributed by atoms with Gasteiger partial charge in [-0.2, -0.15) is 0 Å². The van der Waals surface area contributed by atoms with Gasteiger partial charge in [0.05, 0.1) is 12.2 Å². The van der Waals surface area contributed by atoms with E-state index in [0.29, 0.717) is 6.07 Å². The zero-order valence-electron chi connectivity index (χ0n) is 16.8. The Labute approximate surface area is 184 Å². The van der Waals surface area contributed by atoms with Gasteiger partial charge in [0, 0.05) is 17.7 Å². The van der Waals surface area contributed by atoms with E-state index >= 15 is 0 Å². The molecule has 1 aromatic heterocycles. The normalized spacial score (nSPS) is 16.3. The number of benzene rings is 2. The molecule has 0 radical (unpaired) electrons. The number of phenols is 4. The predicted octanol–water partition coefficient (Wildman–Crippen LogP) is -1.25. The highest BCUT2D eigenvalue weighted by Crippen LogP contribution is 2.40. The smallest absolute Gasteiger partial charge is 0.197 e. The van der Waals surface area contributed by atoms with Crippen LogP contribution in [0, 0.1) is 0 Å². The summed E-state index contributed by atoms with van der Waals surface area (Å²) < 4.78 is 5.58. The fourth-order valence-electron chi connectivity index (χ4n) is 3.32. The van der Waals surface area contributed by atoms with Crippen molar-refractivity contribution in [2.24, 2.45) is 0 Å². The minimum absolute atomic E-state index is 0.0923. The first-order chi connectivity index (χ1) is 15.5. The van der Waals surface area contributed by atoms with E-state index in [-0.39, 0.29) is 11.3 Å². The third-order valence-corrected chi connectivity index (χ3v) is 5.16. The van der Waals surface area contributed by atoms with Crippen molar-refractivity contribution in [1.29, 1.82) is 0 Å². The number of aromatic hydroxyl groups is 4. The van der Waals surface area contributed by atoms with Crippen LogP contribution < -0.4 is 5.43 Å². The summed E-state index contributed by atoms with van der Waals surface area (Å²) in [5.74, 6) is -2.77. The van der Waals surface area contributed by atoms with Crippen LogP contribution in [0.3, 0.4) is 0 Å². The Bertz CT molecular complexity index is 1220. The molecule has 3 rings (SSSR count). The van der Waals surface area contributed by atoms with Crippen LogP contribution in [0.15, 0.2) is 39.5 Å². The molecular weight excluding hydrogens is 444 g/mol. The number of aliphatic hydroxyl groups excluding tert-OH is 6. The van der Waals surface area contributed by atoms with Gasteiger partial charge >= 0.3 is 0 Å². The molecule has 1 heterocycles. The molecule has 12 nitrogen and oxygen atoms in total. The van der Waals surface area contributed by atoms with Crippen molar-refractivity contribution in [2.45, 2.75) is 30.5 Å². The lowest BCUT2D eigenvalue weighted by Crippen LogP contribution is -2.47. The van der Waals surface area contributed by atoms with Gasteiger partial charge in [-0.3, -0.25) is 4.79 Å². The second kappa shape index (κ2) is 9.23. The quantitative estimate of drug-likeness (QED) is 0.184. The van der Waals surface area contributed by atoms with Crippen LogP contribution in [-0.2, 0) is 0 Å². The molecule has 0 aliphatic rings. The van der Waals surface area contributed by atoms with Gasteiger partial charge < -0.3 is 55.5 Å². The molecule has 2 aromatic carbocycles. The van der Waals surface area contributed by atoms with Gasteiger partial charge in [0.15, 0.2) is 22.5 Å². The molecule has 0 unspecified atom stereocenters. The van der Waals surface area contributed by atoms with Crippen molar-refractivity contribution in [1.82, 2.24) is 0 Å². The average molecular weight is 466 g/mol. The van der Waals surface area contributed by atoms with E-state index in [9.17, 15) is 50.8 Å². The Morgan fingerprint density at radius 2 is 1.42 bits per heavy atom. The maximum absolute atomic E-state index is 12.7. The fraction of sp³-hybridized carbons (Fsp3) is 0.286. The summed E-state index contributed by atoms with van der Waals surface area (Å²) in [5, 5.41) is 98.3. The summed E-state index contributed by atoms with van der Waals surface area (Å²) in [6.45, 7) is -0.966. The second-order valence-corrected chi connectivity index (χ2v) is 7.38. The van der Waals surface area contributed by atoms with Gasteiger partial charge in [-0.05, 0) is 18.2 Å².